The predicted molar refractivity (Wildman–Crippen MR) is 135 cm³/mol. The molecule has 0 radical (unpaired) electrons. The van der Waals surface area contributed by atoms with E-state index in [0.717, 1.165) is 5.56 Å². The first-order chi connectivity index (χ1) is 16.2. The number of anilines is 1. The van der Waals surface area contributed by atoms with Gasteiger partial charge in [0.25, 0.3) is 5.91 Å². The van der Waals surface area contributed by atoms with Crippen LogP contribution in [0, 0.1) is 11.7 Å². The third-order valence-electron chi connectivity index (χ3n) is 4.64. The summed E-state index contributed by atoms with van der Waals surface area (Å²) in [7, 11) is 0. The lowest BCUT2D eigenvalue weighted by Crippen LogP contribution is -2.34. The normalized spacial score (nSPS) is 11.8. The molecule has 2 amide bonds. The molecule has 3 aromatic carbocycles. The largest absolute Gasteiger partial charge is 0.488 e. The molecular formula is C24H19BrCl2FN3O3. The van der Waals surface area contributed by atoms with Gasteiger partial charge in [0, 0.05) is 0 Å². The summed E-state index contributed by atoms with van der Waals surface area (Å²) in [6.07, 6.45) is 1.42. The van der Waals surface area contributed by atoms with Gasteiger partial charge in [0.1, 0.15) is 24.1 Å². The van der Waals surface area contributed by atoms with Crippen molar-refractivity contribution >= 4 is 62.8 Å². The van der Waals surface area contributed by atoms with Crippen molar-refractivity contribution in [2.75, 3.05) is 5.32 Å². The first-order valence-corrected chi connectivity index (χ1v) is 11.5. The fourth-order valence-electron chi connectivity index (χ4n) is 2.69. The smallest absolute Gasteiger partial charge is 0.252 e. The zero-order valence-electron chi connectivity index (χ0n) is 17.8. The van der Waals surface area contributed by atoms with Gasteiger partial charge in [-0.3, -0.25) is 9.59 Å². The number of hydrogen-bond acceptors (Lipinski definition) is 4. The van der Waals surface area contributed by atoms with E-state index in [1.807, 2.05) is 6.07 Å². The van der Waals surface area contributed by atoms with Crippen molar-refractivity contribution in [1.82, 2.24) is 5.43 Å². The van der Waals surface area contributed by atoms with Crippen molar-refractivity contribution < 1.29 is 18.7 Å². The number of ether oxygens (including phenoxy) is 1. The van der Waals surface area contributed by atoms with Crippen molar-refractivity contribution in [3.63, 3.8) is 0 Å². The second-order valence-electron chi connectivity index (χ2n) is 7.15. The number of rotatable bonds is 8. The van der Waals surface area contributed by atoms with Crippen LogP contribution in [-0.2, 0) is 16.2 Å². The summed E-state index contributed by atoms with van der Waals surface area (Å²) in [5, 5.41) is 7.19. The van der Waals surface area contributed by atoms with Gasteiger partial charge >= 0.3 is 0 Å². The van der Waals surface area contributed by atoms with Crippen molar-refractivity contribution in [2.45, 2.75) is 13.5 Å². The number of hydrazone groups is 1. The van der Waals surface area contributed by atoms with E-state index in [2.05, 4.69) is 31.8 Å². The van der Waals surface area contributed by atoms with Gasteiger partial charge in [-0.25, -0.2) is 9.82 Å². The van der Waals surface area contributed by atoms with Gasteiger partial charge < -0.3 is 10.1 Å². The average molecular weight is 567 g/mol. The molecule has 6 nitrogen and oxygen atoms in total. The number of benzene rings is 3. The van der Waals surface area contributed by atoms with Gasteiger partial charge in [0.2, 0.25) is 5.91 Å². The standard InChI is InChI=1S/C24H19BrCl2FN3O3/c1-14(23(32)30-21-5-3-2-4-20(21)28)24(33)31-29-12-15-7-9-22(17(25)10-15)34-13-16-6-8-18(26)19(27)11-16/h2-12,14H,13H2,1H3,(H,30,32)(H,31,33). The quantitative estimate of drug-likeness (QED) is 0.193. The van der Waals surface area contributed by atoms with E-state index in [1.54, 1.807) is 36.4 Å². The minimum absolute atomic E-state index is 0.00182. The monoisotopic (exact) mass is 565 g/mol. The number of hydrogen-bond donors (Lipinski definition) is 2. The molecule has 10 heteroatoms. The SMILES string of the molecule is CC(C(=O)NN=Cc1ccc(OCc2ccc(Cl)c(Cl)c2)c(Br)c1)C(=O)Nc1ccccc1F. The highest BCUT2D eigenvalue weighted by Crippen LogP contribution is 2.28. The van der Waals surface area contributed by atoms with Crippen LogP contribution in [0.3, 0.4) is 0 Å². The van der Waals surface area contributed by atoms with Gasteiger partial charge in [-0.05, 0) is 76.4 Å². The number of amides is 2. The summed E-state index contributed by atoms with van der Waals surface area (Å²) in [6.45, 7) is 1.70. The van der Waals surface area contributed by atoms with Crippen LogP contribution in [0.1, 0.15) is 18.1 Å². The molecule has 176 valence electrons. The lowest BCUT2D eigenvalue weighted by atomic mass is 10.1. The molecule has 0 aliphatic heterocycles. The lowest BCUT2D eigenvalue weighted by Gasteiger charge is -2.11. The Morgan fingerprint density at radius 2 is 1.85 bits per heavy atom. The Balaban J connectivity index is 1.53. The molecule has 2 N–H and O–H groups in total. The summed E-state index contributed by atoms with van der Waals surface area (Å²) in [5.74, 6) is -2.35. The number of halogens is 4. The molecule has 1 atom stereocenters. The molecule has 0 fully saturated rings. The first-order valence-electron chi connectivity index (χ1n) is 9.99. The van der Waals surface area contributed by atoms with Gasteiger partial charge in [0.15, 0.2) is 0 Å². The van der Waals surface area contributed by atoms with Gasteiger partial charge in [-0.1, -0.05) is 41.4 Å². The number of nitrogens with zero attached hydrogens (tertiary/aromatic N) is 1. The first kappa shape index (κ1) is 25.7. The fourth-order valence-corrected chi connectivity index (χ4v) is 3.53. The second kappa shape index (κ2) is 12.0. The molecule has 0 saturated carbocycles. The Hall–Kier alpha value is -2.94. The maximum atomic E-state index is 13.7. The Morgan fingerprint density at radius 1 is 1.09 bits per heavy atom. The Morgan fingerprint density at radius 3 is 2.56 bits per heavy atom. The van der Waals surface area contributed by atoms with E-state index in [4.69, 9.17) is 27.9 Å². The summed E-state index contributed by atoms with van der Waals surface area (Å²) in [5.41, 5.74) is 3.85. The van der Waals surface area contributed by atoms with Crippen LogP contribution in [-0.4, -0.2) is 18.0 Å². The third-order valence-corrected chi connectivity index (χ3v) is 6.00. The minimum Gasteiger partial charge on any atom is -0.488 e. The molecule has 0 aliphatic carbocycles. The van der Waals surface area contributed by atoms with E-state index in [1.165, 1.54) is 31.3 Å². The van der Waals surface area contributed by atoms with Gasteiger partial charge in [0.05, 0.1) is 26.4 Å². The fraction of sp³-hybridized carbons (Fsp3) is 0.125. The third kappa shape index (κ3) is 7.03. The van der Waals surface area contributed by atoms with Crippen LogP contribution < -0.4 is 15.5 Å². The van der Waals surface area contributed by atoms with Crippen LogP contribution in [0.5, 0.6) is 5.75 Å². The number of carbonyl (C=O) groups is 2. The number of nitrogens with one attached hydrogen (secondary N) is 2. The van der Waals surface area contributed by atoms with E-state index in [9.17, 15) is 14.0 Å². The molecule has 0 spiro atoms. The minimum atomic E-state index is -1.08. The molecule has 3 aromatic rings. The zero-order chi connectivity index (χ0) is 24.7. The summed E-state index contributed by atoms with van der Waals surface area (Å²) < 4.78 is 20.1. The summed E-state index contributed by atoms with van der Waals surface area (Å²) in [6, 6.07) is 16.2. The van der Waals surface area contributed by atoms with Gasteiger partial charge in [-0.2, -0.15) is 5.10 Å². The Kier molecular flexibility index (Phi) is 9.04. The maximum absolute atomic E-state index is 13.7. The van der Waals surface area contributed by atoms with Crippen LogP contribution >= 0.6 is 39.1 Å². The number of carbonyl (C=O) groups excluding carboxylic acids is 2. The van der Waals surface area contributed by atoms with Crippen molar-refractivity contribution in [2.24, 2.45) is 11.0 Å². The van der Waals surface area contributed by atoms with Crippen LogP contribution in [0.25, 0.3) is 0 Å². The predicted octanol–water partition coefficient (Wildman–Crippen LogP) is 6.20. The van der Waals surface area contributed by atoms with Crippen LogP contribution in [0.2, 0.25) is 10.0 Å². The topological polar surface area (TPSA) is 79.8 Å². The molecule has 1 unspecified atom stereocenters. The van der Waals surface area contributed by atoms with Crippen molar-refractivity contribution in [3.05, 3.63) is 92.1 Å². The highest BCUT2D eigenvalue weighted by atomic mass is 79.9. The Labute approximate surface area is 214 Å². The molecule has 0 saturated heterocycles. The molecule has 0 aromatic heterocycles. The van der Waals surface area contributed by atoms with E-state index in [0.29, 0.717) is 32.4 Å². The molecular weight excluding hydrogens is 548 g/mol. The molecule has 0 aliphatic rings. The van der Waals surface area contributed by atoms with Crippen molar-refractivity contribution in [3.8, 4) is 5.75 Å². The van der Waals surface area contributed by atoms with E-state index >= 15 is 0 Å². The van der Waals surface area contributed by atoms with E-state index < -0.39 is 23.5 Å². The van der Waals surface area contributed by atoms with Crippen LogP contribution in [0.4, 0.5) is 10.1 Å². The molecule has 0 bridgehead atoms. The molecule has 34 heavy (non-hydrogen) atoms. The summed E-state index contributed by atoms with van der Waals surface area (Å²) in [4.78, 5) is 24.4. The lowest BCUT2D eigenvalue weighted by molar-refractivity contribution is -0.131. The Bertz CT molecular complexity index is 1240. The molecule has 0 heterocycles. The average Bonchev–Trinajstić information content (AvgIpc) is 2.81. The maximum Gasteiger partial charge on any atom is 0.252 e. The van der Waals surface area contributed by atoms with Gasteiger partial charge in [-0.15, -0.1) is 0 Å². The highest BCUT2D eigenvalue weighted by Gasteiger charge is 2.22. The van der Waals surface area contributed by atoms with Crippen LogP contribution in [0.15, 0.2) is 70.2 Å². The zero-order valence-corrected chi connectivity index (χ0v) is 20.9. The molecule has 3 rings (SSSR count). The van der Waals surface area contributed by atoms with E-state index in [-0.39, 0.29) is 5.69 Å². The number of para-hydroxylation sites is 1. The summed E-state index contributed by atoms with van der Waals surface area (Å²) >= 11 is 15.4. The second-order valence-corrected chi connectivity index (χ2v) is 8.82. The highest BCUT2D eigenvalue weighted by molar-refractivity contribution is 9.10. The van der Waals surface area contributed by atoms with Crippen molar-refractivity contribution in [1.29, 1.82) is 0 Å².